The molecule has 0 aliphatic rings. The maximum absolute atomic E-state index is 11.5. The van der Waals surface area contributed by atoms with Gasteiger partial charge in [0, 0.05) is 6.54 Å². The van der Waals surface area contributed by atoms with Crippen LogP contribution in [0.2, 0.25) is 0 Å². The van der Waals surface area contributed by atoms with E-state index < -0.39 is 6.04 Å². The number of amides is 1. The van der Waals surface area contributed by atoms with Crippen LogP contribution in [0.1, 0.15) is 34.1 Å². The van der Waals surface area contributed by atoms with Crippen LogP contribution in [0.3, 0.4) is 0 Å². The lowest BCUT2D eigenvalue weighted by atomic mass is 9.99. The summed E-state index contributed by atoms with van der Waals surface area (Å²) in [6.45, 7) is 9.01. The lowest BCUT2D eigenvalue weighted by molar-refractivity contribution is -0.123. The Morgan fingerprint density at radius 2 is 2.00 bits per heavy atom. The molecule has 0 rings (SSSR count). The first-order chi connectivity index (χ1) is 6.99. The smallest absolute Gasteiger partial charge is 0.237 e. The molecule has 0 saturated carbocycles. The first-order valence-electron chi connectivity index (χ1n) is 5.63. The van der Waals surface area contributed by atoms with Gasteiger partial charge in [0.25, 0.3) is 0 Å². The third-order valence-electron chi connectivity index (χ3n) is 2.41. The van der Waals surface area contributed by atoms with Gasteiger partial charge in [-0.1, -0.05) is 20.3 Å². The molecule has 2 atom stereocenters. The highest BCUT2D eigenvalue weighted by atomic mass is 16.5. The van der Waals surface area contributed by atoms with Crippen LogP contribution in [-0.2, 0) is 9.53 Å². The summed E-state index contributed by atoms with van der Waals surface area (Å²) in [6.07, 6.45) is 1.11. The first-order valence-corrected chi connectivity index (χ1v) is 5.63. The molecule has 15 heavy (non-hydrogen) atoms. The van der Waals surface area contributed by atoms with Crippen molar-refractivity contribution in [3.05, 3.63) is 0 Å². The van der Waals surface area contributed by atoms with Crippen molar-refractivity contribution in [2.75, 3.05) is 13.2 Å². The van der Waals surface area contributed by atoms with Crippen LogP contribution in [0.4, 0.5) is 0 Å². The van der Waals surface area contributed by atoms with Crippen molar-refractivity contribution in [3.8, 4) is 0 Å². The largest absolute Gasteiger partial charge is 0.377 e. The van der Waals surface area contributed by atoms with Crippen molar-refractivity contribution in [2.24, 2.45) is 11.7 Å². The zero-order valence-electron chi connectivity index (χ0n) is 10.2. The Bertz CT molecular complexity index is 183. The molecular formula is C11H24N2O2. The lowest BCUT2D eigenvalue weighted by Gasteiger charge is -2.17. The number of rotatable bonds is 7. The zero-order valence-corrected chi connectivity index (χ0v) is 10.2. The number of carbonyl (C=O) groups is 1. The average molecular weight is 216 g/mol. The summed E-state index contributed by atoms with van der Waals surface area (Å²) in [5, 5.41) is 2.76. The highest BCUT2D eigenvalue weighted by Gasteiger charge is 2.18. The molecule has 0 aromatic rings. The zero-order chi connectivity index (χ0) is 11.8. The quantitative estimate of drug-likeness (QED) is 0.621. The maximum atomic E-state index is 11.5. The Morgan fingerprint density at radius 1 is 1.40 bits per heavy atom. The Labute approximate surface area is 92.6 Å². The first kappa shape index (κ1) is 14.4. The van der Waals surface area contributed by atoms with E-state index in [1.54, 1.807) is 0 Å². The minimum absolute atomic E-state index is 0.0864. The maximum Gasteiger partial charge on any atom is 0.237 e. The van der Waals surface area contributed by atoms with Crippen LogP contribution in [0.15, 0.2) is 0 Å². The van der Waals surface area contributed by atoms with Crippen LogP contribution >= 0.6 is 0 Å². The van der Waals surface area contributed by atoms with Gasteiger partial charge in [-0.25, -0.2) is 0 Å². The third kappa shape index (κ3) is 6.47. The normalized spacial score (nSPS) is 15.1. The van der Waals surface area contributed by atoms with E-state index in [4.69, 9.17) is 10.5 Å². The molecular weight excluding hydrogens is 192 g/mol. The summed E-state index contributed by atoms with van der Waals surface area (Å²) in [5.41, 5.74) is 5.76. The number of ether oxygens (including phenoxy) is 1. The van der Waals surface area contributed by atoms with Gasteiger partial charge >= 0.3 is 0 Å². The van der Waals surface area contributed by atoms with E-state index in [0.29, 0.717) is 13.2 Å². The summed E-state index contributed by atoms with van der Waals surface area (Å²) in [6, 6.07) is -0.408. The average Bonchev–Trinajstić information content (AvgIpc) is 2.21. The minimum Gasteiger partial charge on any atom is -0.377 e. The van der Waals surface area contributed by atoms with E-state index in [0.717, 1.165) is 6.42 Å². The molecule has 0 saturated heterocycles. The van der Waals surface area contributed by atoms with Crippen LogP contribution in [0.25, 0.3) is 0 Å². The van der Waals surface area contributed by atoms with Gasteiger partial charge in [0.05, 0.1) is 18.8 Å². The fourth-order valence-electron chi connectivity index (χ4n) is 1.10. The summed E-state index contributed by atoms with van der Waals surface area (Å²) >= 11 is 0. The molecule has 90 valence electrons. The molecule has 4 nitrogen and oxygen atoms in total. The lowest BCUT2D eigenvalue weighted by Crippen LogP contribution is -2.45. The topological polar surface area (TPSA) is 64.4 Å². The second-order valence-electron chi connectivity index (χ2n) is 4.12. The third-order valence-corrected chi connectivity index (χ3v) is 2.41. The molecule has 0 aromatic carbocycles. The van der Waals surface area contributed by atoms with Gasteiger partial charge in [-0.15, -0.1) is 0 Å². The van der Waals surface area contributed by atoms with Crippen molar-refractivity contribution in [1.82, 2.24) is 5.32 Å². The molecule has 0 unspecified atom stereocenters. The van der Waals surface area contributed by atoms with E-state index in [9.17, 15) is 4.79 Å². The molecule has 4 heteroatoms. The Balaban J connectivity index is 3.65. The van der Waals surface area contributed by atoms with E-state index in [1.807, 2.05) is 27.7 Å². The van der Waals surface area contributed by atoms with Gasteiger partial charge in [-0.3, -0.25) is 4.79 Å². The van der Waals surface area contributed by atoms with Gasteiger partial charge in [0.1, 0.15) is 0 Å². The summed E-state index contributed by atoms with van der Waals surface area (Å²) in [7, 11) is 0. The van der Waals surface area contributed by atoms with Crippen LogP contribution in [-0.4, -0.2) is 31.2 Å². The molecule has 0 aliphatic carbocycles. The summed E-state index contributed by atoms with van der Waals surface area (Å²) < 4.78 is 5.30. The van der Waals surface area contributed by atoms with Crippen molar-refractivity contribution < 1.29 is 9.53 Å². The van der Waals surface area contributed by atoms with Crippen molar-refractivity contribution in [1.29, 1.82) is 0 Å². The second kappa shape index (κ2) is 7.65. The SMILES string of the molecule is CC[C@H](C)[C@H](N)C(=O)NCCOC(C)C. The standard InChI is InChI=1S/C11H24N2O2/c1-5-9(4)10(12)11(14)13-6-7-15-8(2)3/h8-10H,5-7,12H2,1-4H3,(H,13,14)/t9-,10-/m0/s1. The number of hydrogen-bond acceptors (Lipinski definition) is 3. The van der Waals surface area contributed by atoms with E-state index in [-0.39, 0.29) is 17.9 Å². The number of nitrogens with two attached hydrogens (primary N) is 1. The van der Waals surface area contributed by atoms with E-state index in [2.05, 4.69) is 5.32 Å². The van der Waals surface area contributed by atoms with Gasteiger partial charge in [-0.05, 0) is 19.8 Å². The molecule has 0 bridgehead atoms. The van der Waals surface area contributed by atoms with Gasteiger partial charge in [0.2, 0.25) is 5.91 Å². The molecule has 0 aliphatic heterocycles. The summed E-state index contributed by atoms with van der Waals surface area (Å²) in [5.74, 6) is 0.132. The van der Waals surface area contributed by atoms with Crippen LogP contribution in [0.5, 0.6) is 0 Å². The Hall–Kier alpha value is -0.610. The predicted octanol–water partition coefficient (Wildman–Crippen LogP) is 0.901. The monoisotopic (exact) mass is 216 g/mol. The highest BCUT2D eigenvalue weighted by Crippen LogP contribution is 2.04. The molecule has 0 radical (unpaired) electrons. The Morgan fingerprint density at radius 3 is 2.47 bits per heavy atom. The molecule has 0 fully saturated rings. The highest BCUT2D eigenvalue weighted by molar-refractivity contribution is 5.81. The molecule has 0 heterocycles. The second-order valence-corrected chi connectivity index (χ2v) is 4.12. The predicted molar refractivity (Wildman–Crippen MR) is 61.5 cm³/mol. The van der Waals surface area contributed by atoms with Gasteiger partial charge < -0.3 is 15.8 Å². The van der Waals surface area contributed by atoms with E-state index in [1.165, 1.54) is 0 Å². The molecule has 0 spiro atoms. The van der Waals surface area contributed by atoms with Crippen molar-refractivity contribution in [3.63, 3.8) is 0 Å². The fourth-order valence-corrected chi connectivity index (χ4v) is 1.10. The van der Waals surface area contributed by atoms with Crippen LogP contribution < -0.4 is 11.1 Å². The number of carbonyl (C=O) groups excluding carboxylic acids is 1. The number of hydrogen-bond donors (Lipinski definition) is 2. The van der Waals surface area contributed by atoms with Crippen molar-refractivity contribution in [2.45, 2.75) is 46.3 Å². The molecule has 3 N–H and O–H groups in total. The summed E-state index contributed by atoms with van der Waals surface area (Å²) in [4.78, 5) is 11.5. The number of nitrogens with one attached hydrogen (secondary N) is 1. The fraction of sp³-hybridized carbons (Fsp3) is 0.909. The Kier molecular flexibility index (Phi) is 7.34. The molecule has 0 aromatic heterocycles. The molecule has 1 amide bonds. The van der Waals surface area contributed by atoms with Crippen LogP contribution in [0, 0.1) is 5.92 Å². The van der Waals surface area contributed by atoms with Crippen molar-refractivity contribution >= 4 is 5.91 Å². The van der Waals surface area contributed by atoms with Gasteiger partial charge in [0.15, 0.2) is 0 Å². The van der Waals surface area contributed by atoms with E-state index >= 15 is 0 Å². The van der Waals surface area contributed by atoms with Gasteiger partial charge in [-0.2, -0.15) is 0 Å². The minimum atomic E-state index is -0.408.